The zero-order chi connectivity index (χ0) is 10.9. The highest BCUT2D eigenvalue weighted by atomic mass is 79.9. The molecular formula is C11H12Br2O2. The average Bonchev–Trinajstić information content (AvgIpc) is 2.10. The molecule has 4 heteroatoms. The van der Waals surface area contributed by atoms with Crippen LogP contribution in [-0.4, -0.2) is 19.8 Å². The summed E-state index contributed by atoms with van der Waals surface area (Å²) in [6, 6.07) is 5.92. The lowest BCUT2D eigenvalue weighted by molar-refractivity contribution is -0.120. The van der Waals surface area contributed by atoms with Crippen LogP contribution < -0.4 is 4.74 Å². The summed E-state index contributed by atoms with van der Waals surface area (Å²) in [5.41, 5.74) is 0.189. The fourth-order valence-electron chi connectivity index (χ4n) is 1.40. The summed E-state index contributed by atoms with van der Waals surface area (Å²) in [4.78, 5) is 0. The molecule has 0 atom stereocenters. The molecule has 0 saturated carbocycles. The SMILES string of the molecule is CC1(COc2cc(Br)cc(Br)c2)COC1. The molecule has 0 aromatic heterocycles. The van der Waals surface area contributed by atoms with E-state index >= 15 is 0 Å². The largest absolute Gasteiger partial charge is 0.493 e. The molecule has 0 N–H and O–H groups in total. The molecule has 1 aromatic rings. The third kappa shape index (κ3) is 2.95. The fraction of sp³-hybridized carbons (Fsp3) is 0.455. The number of benzene rings is 1. The first-order valence-electron chi connectivity index (χ1n) is 4.74. The Balaban J connectivity index is 1.98. The van der Waals surface area contributed by atoms with Crippen molar-refractivity contribution in [1.82, 2.24) is 0 Å². The van der Waals surface area contributed by atoms with Crippen LogP contribution in [0.4, 0.5) is 0 Å². The summed E-state index contributed by atoms with van der Waals surface area (Å²) >= 11 is 6.86. The second kappa shape index (κ2) is 4.44. The van der Waals surface area contributed by atoms with E-state index in [9.17, 15) is 0 Å². The molecular weight excluding hydrogens is 324 g/mol. The standard InChI is InChI=1S/C11H12Br2O2/c1-11(5-14-6-11)7-15-10-3-8(12)2-9(13)4-10/h2-4H,5-7H2,1H3. The van der Waals surface area contributed by atoms with Gasteiger partial charge in [-0.2, -0.15) is 0 Å². The molecule has 0 unspecified atom stereocenters. The van der Waals surface area contributed by atoms with Crippen LogP contribution >= 0.6 is 31.9 Å². The molecule has 2 nitrogen and oxygen atoms in total. The van der Waals surface area contributed by atoms with Crippen LogP contribution in [0, 0.1) is 5.41 Å². The maximum absolute atomic E-state index is 5.73. The van der Waals surface area contributed by atoms with Crippen molar-refractivity contribution < 1.29 is 9.47 Å². The van der Waals surface area contributed by atoms with Crippen molar-refractivity contribution in [3.8, 4) is 5.75 Å². The zero-order valence-corrected chi connectivity index (χ0v) is 11.6. The summed E-state index contributed by atoms with van der Waals surface area (Å²) in [7, 11) is 0. The molecule has 0 amide bonds. The summed E-state index contributed by atoms with van der Waals surface area (Å²) < 4.78 is 12.9. The van der Waals surface area contributed by atoms with Crippen LogP contribution in [0.2, 0.25) is 0 Å². The van der Waals surface area contributed by atoms with Gasteiger partial charge in [0.1, 0.15) is 5.75 Å². The number of ether oxygens (including phenoxy) is 2. The number of hydrogen-bond donors (Lipinski definition) is 0. The maximum Gasteiger partial charge on any atom is 0.121 e. The van der Waals surface area contributed by atoms with Crippen LogP contribution in [0.5, 0.6) is 5.75 Å². The topological polar surface area (TPSA) is 18.5 Å². The van der Waals surface area contributed by atoms with Crippen molar-refractivity contribution in [3.63, 3.8) is 0 Å². The minimum absolute atomic E-state index is 0.189. The third-order valence-corrected chi connectivity index (χ3v) is 3.24. The summed E-state index contributed by atoms with van der Waals surface area (Å²) in [5, 5.41) is 0. The maximum atomic E-state index is 5.73. The quantitative estimate of drug-likeness (QED) is 0.839. The highest BCUT2D eigenvalue weighted by Gasteiger charge is 2.34. The molecule has 1 saturated heterocycles. The van der Waals surface area contributed by atoms with E-state index < -0.39 is 0 Å². The van der Waals surface area contributed by atoms with Gasteiger partial charge in [-0.3, -0.25) is 0 Å². The van der Waals surface area contributed by atoms with Gasteiger partial charge in [-0.25, -0.2) is 0 Å². The smallest absolute Gasteiger partial charge is 0.121 e. The second-order valence-corrected chi connectivity index (χ2v) is 6.03. The molecule has 0 radical (unpaired) electrons. The predicted molar refractivity (Wildman–Crippen MR) is 66.3 cm³/mol. The Bertz CT molecular complexity index is 341. The molecule has 0 bridgehead atoms. The van der Waals surface area contributed by atoms with E-state index in [0.29, 0.717) is 6.61 Å². The lowest BCUT2D eigenvalue weighted by Crippen LogP contribution is -2.44. The van der Waals surface area contributed by atoms with Crippen molar-refractivity contribution in [2.45, 2.75) is 6.92 Å². The van der Waals surface area contributed by atoms with E-state index in [1.165, 1.54) is 0 Å². The molecule has 1 heterocycles. The van der Waals surface area contributed by atoms with Crippen molar-refractivity contribution in [1.29, 1.82) is 0 Å². The van der Waals surface area contributed by atoms with Gasteiger partial charge in [0.2, 0.25) is 0 Å². The van der Waals surface area contributed by atoms with Crippen LogP contribution in [0.1, 0.15) is 6.92 Å². The lowest BCUT2D eigenvalue weighted by atomic mass is 9.90. The van der Waals surface area contributed by atoms with Gasteiger partial charge in [0.15, 0.2) is 0 Å². The predicted octanol–water partition coefficient (Wildman–Crippen LogP) is 3.63. The summed E-state index contributed by atoms with van der Waals surface area (Å²) in [5.74, 6) is 0.879. The Labute approximate surface area is 106 Å². The number of hydrogen-bond acceptors (Lipinski definition) is 2. The first kappa shape index (κ1) is 11.4. The van der Waals surface area contributed by atoms with Gasteiger partial charge in [-0.1, -0.05) is 38.8 Å². The molecule has 1 aliphatic heterocycles. The van der Waals surface area contributed by atoms with Gasteiger partial charge in [-0.05, 0) is 18.2 Å². The fourth-order valence-corrected chi connectivity index (χ4v) is 2.65. The van der Waals surface area contributed by atoms with E-state index in [-0.39, 0.29) is 5.41 Å². The van der Waals surface area contributed by atoms with E-state index in [0.717, 1.165) is 27.9 Å². The molecule has 1 fully saturated rings. The van der Waals surface area contributed by atoms with E-state index in [4.69, 9.17) is 9.47 Å². The van der Waals surface area contributed by atoms with E-state index in [1.54, 1.807) is 0 Å². The molecule has 0 aliphatic carbocycles. The Kier molecular flexibility index (Phi) is 3.38. The molecule has 0 spiro atoms. The zero-order valence-electron chi connectivity index (χ0n) is 8.43. The Hall–Kier alpha value is -0.0600. The van der Waals surface area contributed by atoms with Crippen LogP contribution in [-0.2, 0) is 4.74 Å². The van der Waals surface area contributed by atoms with E-state index in [2.05, 4.69) is 38.8 Å². The monoisotopic (exact) mass is 334 g/mol. The number of rotatable bonds is 3. The highest BCUT2D eigenvalue weighted by Crippen LogP contribution is 2.30. The van der Waals surface area contributed by atoms with Gasteiger partial charge in [0, 0.05) is 14.4 Å². The number of halogens is 2. The Morgan fingerprint density at radius 2 is 1.87 bits per heavy atom. The Morgan fingerprint density at radius 1 is 1.27 bits per heavy atom. The first-order chi connectivity index (χ1) is 7.07. The van der Waals surface area contributed by atoms with Crippen molar-refractivity contribution in [2.75, 3.05) is 19.8 Å². The molecule has 15 heavy (non-hydrogen) atoms. The summed E-state index contributed by atoms with van der Waals surface area (Å²) in [6.45, 7) is 4.46. The highest BCUT2D eigenvalue weighted by molar-refractivity contribution is 9.11. The lowest BCUT2D eigenvalue weighted by Gasteiger charge is -2.37. The van der Waals surface area contributed by atoms with Crippen molar-refractivity contribution in [2.24, 2.45) is 5.41 Å². The molecule has 82 valence electrons. The normalized spacial score (nSPS) is 18.3. The molecule has 1 aromatic carbocycles. The second-order valence-electron chi connectivity index (χ2n) is 4.20. The molecule has 1 aliphatic rings. The van der Waals surface area contributed by atoms with Gasteiger partial charge < -0.3 is 9.47 Å². The Morgan fingerprint density at radius 3 is 2.33 bits per heavy atom. The van der Waals surface area contributed by atoms with Gasteiger partial charge in [0.05, 0.1) is 19.8 Å². The van der Waals surface area contributed by atoms with Crippen LogP contribution in [0.25, 0.3) is 0 Å². The van der Waals surface area contributed by atoms with Crippen molar-refractivity contribution >= 4 is 31.9 Å². The average molecular weight is 336 g/mol. The molecule has 2 rings (SSSR count). The minimum Gasteiger partial charge on any atom is -0.493 e. The van der Waals surface area contributed by atoms with Gasteiger partial charge >= 0.3 is 0 Å². The minimum atomic E-state index is 0.189. The van der Waals surface area contributed by atoms with Crippen LogP contribution in [0.3, 0.4) is 0 Å². The van der Waals surface area contributed by atoms with Crippen molar-refractivity contribution in [3.05, 3.63) is 27.1 Å². The third-order valence-electron chi connectivity index (χ3n) is 2.32. The first-order valence-corrected chi connectivity index (χ1v) is 6.33. The van der Waals surface area contributed by atoms with Gasteiger partial charge in [-0.15, -0.1) is 0 Å². The van der Waals surface area contributed by atoms with Gasteiger partial charge in [0.25, 0.3) is 0 Å². The summed E-state index contributed by atoms with van der Waals surface area (Å²) in [6.07, 6.45) is 0. The van der Waals surface area contributed by atoms with E-state index in [1.807, 2.05) is 18.2 Å². The van der Waals surface area contributed by atoms with Crippen LogP contribution in [0.15, 0.2) is 27.1 Å².